The van der Waals surface area contributed by atoms with Crippen LogP contribution in [0.25, 0.3) is 0 Å². The topological polar surface area (TPSA) is 62.7 Å². The van der Waals surface area contributed by atoms with Crippen molar-refractivity contribution in [3.63, 3.8) is 0 Å². The van der Waals surface area contributed by atoms with Crippen molar-refractivity contribution < 1.29 is 14.6 Å². The predicted octanol–water partition coefficient (Wildman–Crippen LogP) is 4.44. The van der Waals surface area contributed by atoms with Gasteiger partial charge in [0, 0.05) is 24.5 Å². The van der Waals surface area contributed by atoms with E-state index < -0.39 is 6.10 Å². The van der Waals surface area contributed by atoms with Gasteiger partial charge in [0.05, 0.1) is 29.6 Å². The first-order valence-electron chi connectivity index (χ1n) is 9.40. The number of methoxy groups -OCH3 is 1. The Morgan fingerprint density at radius 1 is 1.29 bits per heavy atom. The van der Waals surface area contributed by atoms with Gasteiger partial charge < -0.3 is 14.7 Å². The molecule has 0 saturated carbocycles. The number of ether oxygens (including phenoxy) is 1. The van der Waals surface area contributed by atoms with Crippen LogP contribution in [0.4, 0.5) is 0 Å². The zero-order valence-corrected chi connectivity index (χ0v) is 17.3. The first kappa shape index (κ1) is 20.9. The van der Waals surface area contributed by atoms with E-state index in [-0.39, 0.29) is 18.4 Å². The lowest BCUT2D eigenvalue weighted by Crippen LogP contribution is -2.44. The molecule has 1 fully saturated rings. The van der Waals surface area contributed by atoms with Gasteiger partial charge in [0.25, 0.3) is 0 Å². The van der Waals surface area contributed by atoms with E-state index in [1.54, 1.807) is 48.7 Å². The molecule has 5 nitrogen and oxygen atoms in total. The number of carbonyl (C=O) groups is 1. The van der Waals surface area contributed by atoms with Crippen LogP contribution in [0.1, 0.15) is 42.9 Å². The molecule has 1 aliphatic heterocycles. The number of rotatable bonds is 5. The number of hydrogen-bond donors (Lipinski definition) is 1. The Balaban J connectivity index is 1.83. The van der Waals surface area contributed by atoms with Crippen molar-refractivity contribution in [2.75, 3.05) is 13.7 Å². The molecule has 0 bridgehead atoms. The van der Waals surface area contributed by atoms with Crippen molar-refractivity contribution in [2.45, 2.75) is 44.2 Å². The highest BCUT2D eigenvalue weighted by Crippen LogP contribution is 2.33. The van der Waals surface area contributed by atoms with Gasteiger partial charge in [-0.2, -0.15) is 0 Å². The van der Waals surface area contributed by atoms with E-state index in [0.29, 0.717) is 27.9 Å². The van der Waals surface area contributed by atoms with Crippen molar-refractivity contribution in [3.05, 3.63) is 57.8 Å². The molecule has 0 spiro atoms. The van der Waals surface area contributed by atoms with Crippen molar-refractivity contribution in [2.24, 2.45) is 0 Å². The second kappa shape index (κ2) is 9.59. The number of aromatic nitrogens is 1. The summed E-state index contributed by atoms with van der Waals surface area (Å²) >= 11 is 12.1. The van der Waals surface area contributed by atoms with E-state index >= 15 is 0 Å². The van der Waals surface area contributed by atoms with E-state index in [9.17, 15) is 9.90 Å². The first-order valence-corrected chi connectivity index (χ1v) is 10.2. The van der Waals surface area contributed by atoms with Crippen LogP contribution in [0.3, 0.4) is 0 Å². The van der Waals surface area contributed by atoms with Gasteiger partial charge in [0.1, 0.15) is 11.9 Å². The number of aliphatic hydroxyl groups excluding tert-OH is 1. The van der Waals surface area contributed by atoms with Crippen LogP contribution < -0.4 is 4.74 Å². The van der Waals surface area contributed by atoms with Crippen molar-refractivity contribution in [1.29, 1.82) is 0 Å². The zero-order chi connectivity index (χ0) is 20.1. The number of amides is 1. The molecular weight excluding hydrogens is 399 g/mol. The molecule has 3 rings (SSSR count). The molecule has 1 aliphatic rings. The minimum atomic E-state index is -0.862. The molecule has 0 aliphatic carbocycles. The molecule has 1 amide bonds. The minimum absolute atomic E-state index is 0.0350. The van der Waals surface area contributed by atoms with Gasteiger partial charge in [-0.05, 0) is 36.6 Å². The zero-order valence-electron chi connectivity index (χ0n) is 15.8. The molecular formula is C21H24Cl2N2O3. The lowest BCUT2D eigenvalue weighted by molar-refractivity contribution is -0.135. The summed E-state index contributed by atoms with van der Waals surface area (Å²) in [6, 6.07) is 6.61. The van der Waals surface area contributed by atoms with E-state index in [4.69, 9.17) is 27.9 Å². The number of aliphatic hydroxyl groups is 1. The van der Waals surface area contributed by atoms with E-state index in [0.717, 1.165) is 31.2 Å². The Labute approximate surface area is 175 Å². The fourth-order valence-corrected chi connectivity index (χ4v) is 4.03. The highest BCUT2D eigenvalue weighted by atomic mass is 35.5. The molecule has 150 valence electrons. The molecule has 0 radical (unpaired) electrons. The Hall–Kier alpha value is -1.82. The van der Waals surface area contributed by atoms with Crippen LogP contribution >= 0.6 is 23.2 Å². The maximum Gasteiger partial charge on any atom is 0.227 e. The molecule has 28 heavy (non-hydrogen) atoms. The third-order valence-corrected chi connectivity index (χ3v) is 5.91. The minimum Gasteiger partial charge on any atom is -0.496 e. The van der Waals surface area contributed by atoms with Gasteiger partial charge in [0.2, 0.25) is 5.91 Å². The van der Waals surface area contributed by atoms with Crippen LogP contribution in [-0.2, 0) is 11.2 Å². The molecule has 1 aromatic carbocycles. The second-order valence-electron chi connectivity index (χ2n) is 6.99. The normalized spacial score (nSPS) is 18.4. The molecule has 1 unspecified atom stereocenters. The maximum absolute atomic E-state index is 13.1. The fraction of sp³-hybridized carbons (Fsp3) is 0.429. The molecule has 2 atom stereocenters. The lowest BCUT2D eigenvalue weighted by Gasteiger charge is -2.34. The summed E-state index contributed by atoms with van der Waals surface area (Å²) in [6.45, 7) is 0.616. The van der Waals surface area contributed by atoms with E-state index in [1.165, 1.54) is 0 Å². The van der Waals surface area contributed by atoms with Crippen molar-refractivity contribution >= 4 is 29.1 Å². The molecule has 1 aromatic heterocycles. The molecule has 1 N–H and O–H groups in total. The number of nitrogens with zero attached hydrogens (tertiary/aromatic N) is 2. The van der Waals surface area contributed by atoms with Crippen molar-refractivity contribution in [1.82, 2.24) is 9.88 Å². The van der Waals surface area contributed by atoms with Gasteiger partial charge in [-0.1, -0.05) is 42.1 Å². The Morgan fingerprint density at radius 2 is 2.11 bits per heavy atom. The fourth-order valence-electron chi connectivity index (χ4n) is 3.71. The first-order chi connectivity index (χ1) is 13.5. The average Bonchev–Trinajstić information content (AvgIpc) is 2.96. The third kappa shape index (κ3) is 4.77. The van der Waals surface area contributed by atoms with Crippen LogP contribution in [0.5, 0.6) is 5.75 Å². The van der Waals surface area contributed by atoms with Gasteiger partial charge >= 0.3 is 0 Å². The summed E-state index contributed by atoms with van der Waals surface area (Å²) in [6.07, 6.45) is 6.22. The van der Waals surface area contributed by atoms with Gasteiger partial charge in [-0.3, -0.25) is 9.78 Å². The van der Waals surface area contributed by atoms with Crippen LogP contribution in [0.2, 0.25) is 10.0 Å². The summed E-state index contributed by atoms with van der Waals surface area (Å²) in [5.74, 6) is 0.538. The Kier molecular flexibility index (Phi) is 7.16. The van der Waals surface area contributed by atoms with E-state index in [2.05, 4.69) is 4.98 Å². The average molecular weight is 423 g/mol. The van der Waals surface area contributed by atoms with Gasteiger partial charge in [-0.25, -0.2) is 0 Å². The van der Waals surface area contributed by atoms with Crippen LogP contribution in [-0.4, -0.2) is 40.6 Å². The molecule has 2 aromatic rings. The highest BCUT2D eigenvalue weighted by Gasteiger charge is 2.33. The summed E-state index contributed by atoms with van der Waals surface area (Å²) in [7, 11) is 1.56. The standard InChI is InChI=1S/C21H24Cl2N2O3/c1-28-19-8-9-24-13-15(19)21(27)18-5-3-2-4-10-25(18)20(26)12-14-6-7-16(22)17(23)11-14/h6-9,11,13,18,21,27H,2-5,10,12H2,1H3/t18-,21?/m1/s1. The number of benzene rings is 1. The molecule has 1 saturated heterocycles. The number of carbonyl (C=O) groups excluding carboxylic acids is 1. The summed E-state index contributed by atoms with van der Waals surface area (Å²) in [5.41, 5.74) is 1.40. The van der Waals surface area contributed by atoms with Crippen LogP contribution in [0.15, 0.2) is 36.7 Å². The smallest absolute Gasteiger partial charge is 0.227 e. The van der Waals surface area contributed by atoms with E-state index in [1.807, 2.05) is 0 Å². The monoisotopic (exact) mass is 422 g/mol. The number of likely N-dealkylation sites (tertiary alicyclic amines) is 1. The predicted molar refractivity (Wildman–Crippen MR) is 110 cm³/mol. The van der Waals surface area contributed by atoms with Crippen molar-refractivity contribution in [3.8, 4) is 5.75 Å². The number of hydrogen-bond acceptors (Lipinski definition) is 4. The quantitative estimate of drug-likeness (QED) is 0.772. The number of halogens is 2. The summed E-state index contributed by atoms with van der Waals surface area (Å²) in [4.78, 5) is 19.0. The SMILES string of the molecule is COc1ccncc1C(O)[C@H]1CCCCCN1C(=O)Cc1ccc(Cl)c(Cl)c1. The third-order valence-electron chi connectivity index (χ3n) is 5.17. The highest BCUT2D eigenvalue weighted by molar-refractivity contribution is 6.42. The number of pyridine rings is 1. The summed E-state index contributed by atoms with van der Waals surface area (Å²) < 4.78 is 5.37. The molecule has 7 heteroatoms. The lowest BCUT2D eigenvalue weighted by atomic mass is 9.97. The Bertz CT molecular complexity index is 831. The Morgan fingerprint density at radius 3 is 2.86 bits per heavy atom. The van der Waals surface area contributed by atoms with Crippen LogP contribution in [0, 0.1) is 0 Å². The second-order valence-corrected chi connectivity index (χ2v) is 7.81. The largest absolute Gasteiger partial charge is 0.496 e. The van der Waals surface area contributed by atoms with Gasteiger partial charge in [0.15, 0.2) is 0 Å². The van der Waals surface area contributed by atoms with Gasteiger partial charge in [-0.15, -0.1) is 0 Å². The summed E-state index contributed by atoms with van der Waals surface area (Å²) in [5, 5.41) is 12.0. The molecule has 2 heterocycles. The maximum atomic E-state index is 13.1.